The lowest BCUT2D eigenvalue weighted by Crippen LogP contribution is -2.13. The summed E-state index contributed by atoms with van der Waals surface area (Å²) in [4.78, 5) is 15.9. The molecule has 4 nitrogen and oxygen atoms in total. The number of halogens is 2. The highest BCUT2D eigenvalue weighted by molar-refractivity contribution is 9.10. The van der Waals surface area contributed by atoms with Crippen LogP contribution in [0.2, 0.25) is 5.02 Å². The maximum absolute atomic E-state index is 11.9. The number of rotatable bonds is 2. The number of nitrogens with zero attached hydrogens (tertiary/aromatic N) is 1. The summed E-state index contributed by atoms with van der Waals surface area (Å²) in [5, 5.41) is 12.5. The van der Waals surface area contributed by atoms with E-state index >= 15 is 0 Å². The molecule has 2 rings (SSSR count). The first-order chi connectivity index (χ1) is 8.56. The highest BCUT2D eigenvalue weighted by Gasteiger charge is 2.12. The minimum absolute atomic E-state index is 0.104. The van der Waals surface area contributed by atoms with Crippen molar-refractivity contribution >= 4 is 39.3 Å². The number of nitrogens with one attached hydrogen (secondary N) is 1. The van der Waals surface area contributed by atoms with E-state index in [1.807, 2.05) is 0 Å². The van der Waals surface area contributed by atoms with Gasteiger partial charge in [0.15, 0.2) is 0 Å². The maximum atomic E-state index is 11.9. The molecule has 0 saturated heterocycles. The van der Waals surface area contributed by atoms with Crippen molar-refractivity contribution in [2.45, 2.75) is 0 Å². The van der Waals surface area contributed by atoms with Gasteiger partial charge in [-0.15, -0.1) is 0 Å². The van der Waals surface area contributed by atoms with Crippen LogP contribution in [0, 0.1) is 0 Å². The third-order valence-electron chi connectivity index (χ3n) is 2.17. The van der Waals surface area contributed by atoms with Crippen LogP contribution in [0.5, 0.6) is 5.75 Å². The number of aromatic nitrogens is 1. The molecule has 0 aliphatic heterocycles. The molecular weight excluding hydrogens is 320 g/mol. The number of phenolic OH excluding ortho intramolecular Hbond substituents is 1. The van der Waals surface area contributed by atoms with Crippen LogP contribution in [0.3, 0.4) is 0 Å². The zero-order chi connectivity index (χ0) is 13.1. The van der Waals surface area contributed by atoms with E-state index in [0.717, 1.165) is 4.47 Å². The van der Waals surface area contributed by atoms with Crippen molar-refractivity contribution in [1.29, 1.82) is 0 Å². The Labute approximate surface area is 117 Å². The van der Waals surface area contributed by atoms with Crippen molar-refractivity contribution in [3.63, 3.8) is 0 Å². The predicted octanol–water partition coefficient (Wildman–Crippen LogP) is 3.46. The lowest BCUT2D eigenvalue weighted by atomic mass is 10.2. The summed E-state index contributed by atoms with van der Waals surface area (Å²) in [7, 11) is 0. The predicted molar refractivity (Wildman–Crippen MR) is 73.0 cm³/mol. The lowest BCUT2D eigenvalue weighted by molar-refractivity contribution is 0.102. The molecule has 0 fully saturated rings. The van der Waals surface area contributed by atoms with Crippen molar-refractivity contribution in [3.8, 4) is 5.75 Å². The van der Waals surface area contributed by atoms with Crippen molar-refractivity contribution < 1.29 is 9.90 Å². The fourth-order valence-corrected chi connectivity index (χ4v) is 1.73. The largest absolute Gasteiger partial charge is 0.507 e. The van der Waals surface area contributed by atoms with E-state index in [9.17, 15) is 9.90 Å². The summed E-state index contributed by atoms with van der Waals surface area (Å²) in [5.41, 5.74) is 0.104. The molecule has 1 heterocycles. The third-order valence-corrected chi connectivity index (χ3v) is 2.88. The van der Waals surface area contributed by atoms with Crippen LogP contribution in [0.4, 0.5) is 5.82 Å². The van der Waals surface area contributed by atoms with E-state index in [1.54, 1.807) is 18.3 Å². The van der Waals surface area contributed by atoms with Gasteiger partial charge in [-0.25, -0.2) is 4.98 Å². The molecule has 1 amide bonds. The van der Waals surface area contributed by atoms with Crippen LogP contribution >= 0.6 is 27.5 Å². The fourth-order valence-electron chi connectivity index (χ4n) is 1.32. The number of carbonyl (C=O) groups is 1. The average Bonchev–Trinajstić information content (AvgIpc) is 2.35. The van der Waals surface area contributed by atoms with Crippen LogP contribution in [0.1, 0.15) is 10.4 Å². The van der Waals surface area contributed by atoms with Gasteiger partial charge in [-0.3, -0.25) is 4.79 Å². The third kappa shape index (κ3) is 3.00. The first-order valence-electron chi connectivity index (χ1n) is 4.97. The Morgan fingerprint density at radius 2 is 2.11 bits per heavy atom. The Morgan fingerprint density at radius 3 is 2.78 bits per heavy atom. The van der Waals surface area contributed by atoms with E-state index in [2.05, 4.69) is 26.2 Å². The smallest absolute Gasteiger partial charge is 0.260 e. The molecule has 0 atom stereocenters. The van der Waals surface area contributed by atoms with Gasteiger partial charge in [-0.2, -0.15) is 0 Å². The molecule has 2 N–H and O–H groups in total. The molecule has 0 aliphatic carbocycles. The highest BCUT2D eigenvalue weighted by Crippen LogP contribution is 2.22. The molecule has 6 heteroatoms. The highest BCUT2D eigenvalue weighted by atomic mass is 79.9. The summed E-state index contributed by atoms with van der Waals surface area (Å²) in [6, 6.07) is 7.66. The van der Waals surface area contributed by atoms with E-state index in [0.29, 0.717) is 10.8 Å². The van der Waals surface area contributed by atoms with Gasteiger partial charge in [0, 0.05) is 15.7 Å². The van der Waals surface area contributed by atoms with Crippen molar-refractivity contribution in [1.82, 2.24) is 4.98 Å². The molecule has 0 bridgehead atoms. The van der Waals surface area contributed by atoms with Gasteiger partial charge in [0.05, 0.1) is 5.56 Å². The van der Waals surface area contributed by atoms with Gasteiger partial charge in [0.2, 0.25) is 0 Å². The number of benzene rings is 1. The summed E-state index contributed by atoms with van der Waals surface area (Å²) in [6.07, 6.45) is 1.56. The van der Waals surface area contributed by atoms with Crippen molar-refractivity contribution in [2.24, 2.45) is 0 Å². The zero-order valence-corrected chi connectivity index (χ0v) is 11.4. The second-order valence-corrected chi connectivity index (χ2v) is 4.83. The van der Waals surface area contributed by atoms with Crippen LogP contribution in [-0.4, -0.2) is 16.0 Å². The number of anilines is 1. The summed E-state index contributed by atoms with van der Waals surface area (Å²) >= 11 is 9.02. The molecular formula is C12H8BrClN2O2. The molecule has 0 aliphatic rings. The number of aromatic hydroxyl groups is 1. The fraction of sp³-hybridized carbons (Fsp3) is 0. The normalized spacial score (nSPS) is 10.1. The van der Waals surface area contributed by atoms with Crippen LogP contribution in [0.25, 0.3) is 0 Å². The van der Waals surface area contributed by atoms with Gasteiger partial charge in [0.1, 0.15) is 11.6 Å². The zero-order valence-electron chi connectivity index (χ0n) is 9.02. The van der Waals surface area contributed by atoms with E-state index < -0.39 is 5.91 Å². The van der Waals surface area contributed by atoms with Gasteiger partial charge in [0.25, 0.3) is 5.91 Å². The molecule has 0 spiro atoms. The average molecular weight is 328 g/mol. The monoisotopic (exact) mass is 326 g/mol. The minimum atomic E-state index is -0.468. The van der Waals surface area contributed by atoms with E-state index in [1.165, 1.54) is 18.2 Å². The molecule has 18 heavy (non-hydrogen) atoms. The first kappa shape index (κ1) is 12.9. The number of carbonyl (C=O) groups excluding carboxylic acids is 1. The topological polar surface area (TPSA) is 62.2 Å². The molecule has 0 unspecified atom stereocenters. The van der Waals surface area contributed by atoms with Gasteiger partial charge >= 0.3 is 0 Å². The molecule has 92 valence electrons. The minimum Gasteiger partial charge on any atom is -0.507 e. The SMILES string of the molecule is O=C(Nc1ccc(Br)cn1)c1cc(Cl)ccc1O. The first-order valence-corrected chi connectivity index (χ1v) is 6.15. The Bertz CT molecular complexity index is 587. The maximum Gasteiger partial charge on any atom is 0.260 e. The van der Waals surface area contributed by atoms with Crippen LogP contribution < -0.4 is 5.32 Å². The summed E-state index contributed by atoms with van der Waals surface area (Å²) in [5.74, 6) is -0.207. The van der Waals surface area contributed by atoms with Gasteiger partial charge < -0.3 is 10.4 Å². The Balaban J connectivity index is 2.21. The quantitative estimate of drug-likeness (QED) is 0.888. The van der Waals surface area contributed by atoms with Gasteiger partial charge in [-0.1, -0.05) is 11.6 Å². The Hall–Kier alpha value is -1.59. The summed E-state index contributed by atoms with van der Waals surface area (Å²) < 4.78 is 0.811. The number of hydrogen-bond acceptors (Lipinski definition) is 3. The lowest BCUT2D eigenvalue weighted by Gasteiger charge is -2.06. The van der Waals surface area contributed by atoms with Crippen LogP contribution in [-0.2, 0) is 0 Å². The Morgan fingerprint density at radius 1 is 1.33 bits per heavy atom. The van der Waals surface area contributed by atoms with E-state index in [-0.39, 0.29) is 11.3 Å². The molecule has 1 aromatic heterocycles. The number of pyridine rings is 1. The summed E-state index contributed by atoms with van der Waals surface area (Å²) in [6.45, 7) is 0. The molecule has 2 aromatic rings. The standard InChI is InChI=1S/C12H8BrClN2O2/c13-7-1-4-11(15-6-7)16-12(18)9-5-8(14)2-3-10(9)17/h1-6,17H,(H,15,16,18). The number of amides is 1. The second-order valence-electron chi connectivity index (χ2n) is 3.48. The van der Waals surface area contributed by atoms with E-state index in [4.69, 9.17) is 11.6 Å². The van der Waals surface area contributed by atoms with Crippen LogP contribution in [0.15, 0.2) is 41.0 Å². The number of phenols is 1. The molecule has 1 aromatic carbocycles. The van der Waals surface area contributed by atoms with Gasteiger partial charge in [-0.05, 0) is 46.3 Å². The van der Waals surface area contributed by atoms with Crippen molar-refractivity contribution in [2.75, 3.05) is 5.32 Å². The second kappa shape index (κ2) is 5.37. The Kier molecular flexibility index (Phi) is 3.84. The molecule has 0 saturated carbocycles. The molecule has 0 radical (unpaired) electrons. The number of hydrogen-bond donors (Lipinski definition) is 2. The van der Waals surface area contributed by atoms with Crippen molar-refractivity contribution in [3.05, 3.63) is 51.6 Å².